The average molecular weight is 353 g/mol. The summed E-state index contributed by atoms with van der Waals surface area (Å²) in [7, 11) is 0. The van der Waals surface area contributed by atoms with Crippen LogP contribution in [-0.4, -0.2) is 11.6 Å². The lowest BCUT2D eigenvalue weighted by Crippen LogP contribution is -2.24. The molecule has 21 heavy (non-hydrogen) atoms. The standard InChI is InChI=1S/C18H25BrO2/c1-18(2,3)21-17(20)11-5-13-4-6-15(12-13)14-7-9-16(19)10-8-14/h7-10,13,15H,4-6,11-12H2,1-3H3. The number of carbonyl (C=O) groups excluding carboxylic acids is 1. The van der Waals surface area contributed by atoms with E-state index in [-0.39, 0.29) is 11.6 Å². The molecule has 1 aliphatic rings. The van der Waals surface area contributed by atoms with Gasteiger partial charge in [0.05, 0.1) is 0 Å². The van der Waals surface area contributed by atoms with Crippen LogP contribution in [0.2, 0.25) is 0 Å². The molecule has 2 nitrogen and oxygen atoms in total. The molecule has 0 saturated heterocycles. The lowest BCUT2D eigenvalue weighted by Gasteiger charge is -2.20. The van der Waals surface area contributed by atoms with Crippen LogP contribution in [-0.2, 0) is 9.53 Å². The van der Waals surface area contributed by atoms with E-state index >= 15 is 0 Å². The average Bonchev–Trinajstić information content (AvgIpc) is 2.84. The maximum absolute atomic E-state index is 11.8. The zero-order valence-corrected chi connectivity index (χ0v) is 14.8. The van der Waals surface area contributed by atoms with Crippen molar-refractivity contribution in [2.75, 3.05) is 0 Å². The zero-order chi connectivity index (χ0) is 15.5. The second-order valence-corrected chi connectivity index (χ2v) is 7.97. The van der Waals surface area contributed by atoms with Crippen molar-refractivity contribution in [3.63, 3.8) is 0 Å². The van der Waals surface area contributed by atoms with Gasteiger partial charge in [-0.1, -0.05) is 28.1 Å². The Labute approximate surface area is 136 Å². The van der Waals surface area contributed by atoms with Crippen LogP contribution in [0.5, 0.6) is 0 Å². The number of esters is 1. The van der Waals surface area contributed by atoms with Crippen LogP contribution in [0.15, 0.2) is 28.7 Å². The van der Waals surface area contributed by atoms with Crippen LogP contribution in [0.3, 0.4) is 0 Å². The number of hydrogen-bond acceptors (Lipinski definition) is 2. The van der Waals surface area contributed by atoms with Gasteiger partial charge in [0.15, 0.2) is 0 Å². The highest BCUT2D eigenvalue weighted by Crippen LogP contribution is 2.40. The predicted molar refractivity (Wildman–Crippen MR) is 89.3 cm³/mol. The molecule has 1 fully saturated rings. The van der Waals surface area contributed by atoms with Crippen molar-refractivity contribution in [2.24, 2.45) is 5.92 Å². The SMILES string of the molecule is CC(C)(C)OC(=O)CCC1CCC(c2ccc(Br)cc2)C1. The van der Waals surface area contributed by atoms with Crippen LogP contribution in [0, 0.1) is 5.92 Å². The fourth-order valence-corrected chi connectivity index (χ4v) is 3.35. The number of rotatable bonds is 4. The van der Waals surface area contributed by atoms with E-state index in [9.17, 15) is 4.79 Å². The van der Waals surface area contributed by atoms with Gasteiger partial charge in [-0.05, 0) is 76.0 Å². The molecule has 0 heterocycles. The van der Waals surface area contributed by atoms with Gasteiger partial charge in [0.1, 0.15) is 5.60 Å². The molecule has 2 atom stereocenters. The summed E-state index contributed by atoms with van der Waals surface area (Å²) in [4.78, 5) is 11.8. The second kappa shape index (κ2) is 6.95. The van der Waals surface area contributed by atoms with Gasteiger partial charge in [-0.3, -0.25) is 4.79 Å². The van der Waals surface area contributed by atoms with Crippen LogP contribution in [0.4, 0.5) is 0 Å². The Morgan fingerprint density at radius 3 is 2.52 bits per heavy atom. The minimum absolute atomic E-state index is 0.0606. The minimum atomic E-state index is -0.368. The van der Waals surface area contributed by atoms with E-state index in [1.165, 1.54) is 24.8 Å². The van der Waals surface area contributed by atoms with Crippen molar-refractivity contribution in [3.8, 4) is 0 Å². The summed E-state index contributed by atoms with van der Waals surface area (Å²) in [5, 5.41) is 0. The zero-order valence-electron chi connectivity index (χ0n) is 13.2. The Morgan fingerprint density at radius 2 is 1.90 bits per heavy atom. The third kappa shape index (κ3) is 5.46. The van der Waals surface area contributed by atoms with Crippen LogP contribution >= 0.6 is 15.9 Å². The van der Waals surface area contributed by atoms with Crippen molar-refractivity contribution in [1.29, 1.82) is 0 Å². The van der Waals surface area contributed by atoms with Crippen LogP contribution in [0.1, 0.15) is 64.4 Å². The predicted octanol–water partition coefficient (Wildman–Crippen LogP) is 5.45. The maximum atomic E-state index is 11.8. The van der Waals surface area contributed by atoms with Gasteiger partial charge in [0.2, 0.25) is 0 Å². The number of halogens is 1. The van der Waals surface area contributed by atoms with Crippen molar-refractivity contribution in [1.82, 2.24) is 0 Å². The highest BCUT2D eigenvalue weighted by molar-refractivity contribution is 9.10. The van der Waals surface area contributed by atoms with Gasteiger partial charge in [0, 0.05) is 10.9 Å². The Balaban J connectivity index is 1.78. The van der Waals surface area contributed by atoms with Gasteiger partial charge in [-0.2, -0.15) is 0 Å². The normalized spacial score (nSPS) is 22.3. The number of ether oxygens (including phenoxy) is 1. The van der Waals surface area contributed by atoms with E-state index in [2.05, 4.69) is 40.2 Å². The molecular weight excluding hydrogens is 328 g/mol. The number of hydrogen-bond donors (Lipinski definition) is 0. The van der Waals surface area contributed by atoms with Gasteiger partial charge < -0.3 is 4.74 Å². The summed E-state index contributed by atoms with van der Waals surface area (Å²) in [5.74, 6) is 1.25. The second-order valence-electron chi connectivity index (χ2n) is 7.05. The van der Waals surface area contributed by atoms with Crippen molar-refractivity contribution >= 4 is 21.9 Å². The highest BCUT2D eigenvalue weighted by Gasteiger charge is 2.26. The summed E-state index contributed by atoms with van der Waals surface area (Å²) < 4.78 is 6.51. The fourth-order valence-electron chi connectivity index (χ4n) is 3.09. The Hall–Kier alpha value is -0.830. The van der Waals surface area contributed by atoms with Crippen molar-refractivity contribution in [2.45, 2.75) is 64.4 Å². The molecule has 1 aromatic rings. The molecule has 2 unspecified atom stereocenters. The monoisotopic (exact) mass is 352 g/mol. The summed E-state index contributed by atoms with van der Waals surface area (Å²) >= 11 is 3.48. The number of benzene rings is 1. The molecule has 0 radical (unpaired) electrons. The quantitative estimate of drug-likeness (QED) is 0.673. The smallest absolute Gasteiger partial charge is 0.306 e. The van der Waals surface area contributed by atoms with Gasteiger partial charge >= 0.3 is 5.97 Å². The van der Waals surface area contributed by atoms with E-state index < -0.39 is 0 Å². The minimum Gasteiger partial charge on any atom is -0.460 e. The highest BCUT2D eigenvalue weighted by atomic mass is 79.9. The number of carbonyl (C=O) groups is 1. The third-order valence-corrected chi connectivity index (χ3v) is 4.59. The fraction of sp³-hybridized carbons (Fsp3) is 0.611. The topological polar surface area (TPSA) is 26.3 Å². The summed E-state index contributed by atoms with van der Waals surface area (Å²) in [6.45, 7) is 5.76. The Kier molecular flexibility index (Phi) is 5.48. The molecule has 116 valence electrons. The molecule has 3 heteroatoms. The first-order chi connectivity index (χ1) is 9.83. The van der Waals surface area contributed by atoms with E-state index in [1.807, 2.05) is 20.8 Å². The molecule has 0 spiro atoms. The largest absolute Gasteiger partial charge is 0.460 e. The summed E-state index contributed by atoms with van der Waals surface area (Å²) in [6, 6.07) is 8.66. The first-order valence-electron chi connectivity index (χ1n) is 7.81. The van der Waals surface area contributed by atoms with Gasteiger partial charge in [-0.15, -0.1) is 0 Å². The molecular formula is C18H25BrO2. The molecule has 1 aromatic carbocycles. The Morgan fingerprint density at radius 1 is 1.24 bits per heavy atom. The third-order valence-electron chi connectivity index (χ3n) is 4.06. The molecule has 0 aromatic heterocycles. The van der Waals surface area contributed by atoms with E-state index in [0.717, 1.165) is 10.9 Å². The molecule has 0 aliphatic heterocycles. The maximum Gasteiger partial charge on any atom is 0.306 e. The van der Waals surface area contributed by atoms with E-state index in [0.29, 0.717) is 18.3 Å². The molecule has 0 bridgehead atoms. The van der Waals surface area contributed by atoms with Gasteiger partial charge in [-0.25, -0.2) is 0 Å². The lowest BCUT2D eigenvalue weighted by molar-refractivity contribution is -0.155. The first-order valence-corrected chi connectivity index (χ1v) is 8.60. The summed E-state index contributed by atoms with van der Waals surface area (Å²) in [6.07, 6.45) is 5.17. The molecule has 0 N–H and O–H groups in total. The van der Waals surface area contributed by atoms with Crippen molar-refractivity contribution in [3.05, 3.63) is 34.3 Å². The van der Waals surface area contributed by atoms with E-state index in [1.54, 1.807) is 0 Å². The van der Waals surface area contributed by atoms with Crippen molar-refractivity contribution < 1.29 is 9.53 Å². The Bertz CT molecular complexity index is 473. The molecule has 1 saturated carbocycles. The van der Waals surface area contributed by atoms with Crippen LogP contribution < -0.4 is 0 Å². The molecule has 0 amide bonds. The summed E-state index contributed by atoms with van der Waals surface area (Å²) in [5.41, 5.74) is 1.06. The van der Waals surface area contributed by atoms with Crippen LogP contribution in [0.25, 0.3) is 0 Å². The lowest BCUT2D eigenvalue weighted by atomic mass is 9.95. The molecule has 1 aliphatic carbocycles. The first kappa shape index (κ1) is 16.5. The molecule has 2 rings (SSSR count). The van der Waals surface area contributed by atoms with Gasteiger partial charge in [0.25, 0.3) is 0 Å². The van der Waals surface area contributed by atoms with E-state index in [4.69, 9.17) is 4.74 Å².